The zero-order valence-corrected chi connectivity index (χ0v) is 16.7. The number of nitrogens with zero attached hydrogens (tertiary/aromatic N) is 7. The predicted molar refractivity (Wildman–Crippen MR) is 109 cm³/mol. The molecule has 0 fully saturated rings. The summed E-state index contributed by atoms with van der Waals surface area (Å²) in [4.78, 5) is 13.5. The Balaban J connectivity index is 1.45. The normalized spacial score (nSPS) is 16.1. The molecule has 0 amide bonds. The van der Waals surface area contributed by atoms with Crippen LogP contribution < -0.4 is 4.90 Å². The zero-order valence-electron chi connectivity index (χ0n) is 15.9. The Morgan fingerprint density at radius 1 is 1.19 bits per heavy atom. The Kier molecular flexibility index (Phi) is 4.00. The van der Waals surface area contributed by atoms with Crippen LogP contribution in [0.4, 0.5) is 10.4 Å². The Morgan fingerprint density at radius 2 is 2.13 bits per heavy atom. The van der Waals surface area contributed by atoms with Crippen molar-refractivity contribution in [2.75, 3.05) is 11.4 Å². The fraction of sp³-hybridized carbons (Fsp3) is 0.150. The van der Waals surface area contributed by atoms with E-state index in [2.05, 4.69) is 25.1 Å². The summed E-state index contributed by atoms with van der Waals surface area (Å²) < 4.78 is 21.1. The van der Waals surface area contributed by atoms with Crippen LogP contribution in [0.15, 0.2) is 53.3 Å². The van der Waals surface area contributed by atoms with E-state index in [4.69, 9.17) is 21.1 Å². The first-order valence-corrected chi connectivity index (χ1v) is 9.94. The maximum Gasteiger partial charge on any atom is 0.319 e. The molecule has 1 aliphatic rings. The quantitative estimate of drug-likeness (QED) is 0.432. The number of rotatable bonds is 3. The van der Waals surface area contributed by atoms with Crippen LogP contribution in [0.25, 0.3) is 17.1 Å². The highest BCUT2D eigenvalue weighted by atomic mass is 35.5. The molecule has 0 saturated carbocycles. The van der Waals surface area contributed by atoms with Gasteiger partial charge in [0.25, 0.3) is 5.89 Å². The number of hydrogen-bond acceptors (Lipinski definition) is 7. The number of nitrogens with one attached hydrogen (secondary N) is 1. The van der Waals surface area contributed by atoms with Crippen molar-refractivity contribution >= 4 is 23.1 Å². The second-order valence-corrected chi connectivity index (χ2v) is 7.51. The van der Waals surface area contributed by atoms with Gasteiger partial charge in [-0.15, -0.1) is 5.10 Å². The number of aromatic amines is 1. The van der Waals surface area contributed by atoms with Crippen molar-refractivity contribution < 1.29 is 8.81 Å². The summed E-state index contributed by atoms with van der Waals surface area (Å²) in [5.41, 5.74) is 3.65. The SMILES string of the molecule is Fc1cccc(-c2nnc(N3CCc4[nH]cnc4[C@H]3c3cc4c(Cl)cccn4n3)o2)n1. The molecule has 0 aromatic carbocycles. The Labute approximate surface area is 179 Å². The molecule has 5 aromatic heterocycles. The molecule has 1 aliphatic heterocycles. The van der Waals surface area contributed by atoms with Crippen LogP contribution in [0.1, 0.15) is 23.1 Å². The minimum absolute atomic E-state index is 0.138. The molecule has 0 aliphatic carbocycles. The van der Waals surface area contributed by atoms with Crippen molar-refractivity contribution in [2.24, 2.45) is 0 Å². The molecule has 1 atom stereocenters. The molecule has 0 unspecified atom stereocenters. The van der Waals surface area contributed by atoms with Gasteiger partial charge in [-0.1, -0.05) is 22.8 Å². The largest absolute Gasteiger partial charge is 0.402 e. The molecule has 9 nitrogen and oxygen atoms in total. The molecule has 11 heteroatoms. The maximum atomic E-state index is 13.5. The van der Waals surface area contributed by atoms with Crippen molar-refractivity contribution in [3.8, 4) is 11.6 Å². The lowest BCUT2D eigenvalue weighted by Crippen LogP contribution is -2.36. The molecule has 5 aromatic rings. The van der Waals surface area contributed by atoms with E-state index in [9.17, 15) is 4.39 Å². The second kappa shape index (κ2) is 6.88. The van der Waals surface area contributed by atoms with Gasteiger partial charge in [0.15, 0.2) is 0 Å². The Bertz CT molecular complexity index is 1410. The summed E-state index contributed by atoms with van der Waals surface area (Å²) >= 11 is 6.35. The van der Waals surface area contributed by atoms with Crippen LogP contribution in [-0.4, -0.2) is 41.3 Å². The number of halogens is 2. The topological polar surface area (TPSA) is 101 Å². The molecular weight excluding hydrogens is 423 g/mol. The molecule has 0 radical (unpaired) electrons. The third kappa shape index (κ3) is 2.95. The molecule has 154 valence electrons. The fourth-order valence-corrected chi connectivity index (χ4v) is 4.09. The molecule has 0 saturated heterocycles. The third-order valence-corrected chi connectivity index (χ3v) is 5.59. The van der Waals surface area contributed by atoms with Crippen LogP contribution in [0.2, 0.25) is 5.02 Å². The predicted octanol–water partition coefficient (Wildman–Crippen LogP) is 3.45. The minimum Gasteiger partial charge on any atom is -0.402 e. The first kappa shape index (κ1) is 18.0. The van der Waals surface area contributed by atoms with Crippen molar-refractivity contribution in [2.45, 2.75) is 12.5 Å². The number of pyridine rings is 2. The van der Waals surface area contributed by atoms with Crippen LogP contribution >= 0.6 is 11.6 Å². The van der Waals surface area contributed by atoms with Crippen LogP contribution in [0.5, 0.6) is 0 Å². The van der Waals surface area contributed by atoms with Gasteiger partial charge in [0.05, 0.1) is 28.3 Å². The van der Waals surface area contributed by atoms with Crippen LogP contribution in [0, 0.1) is 5.95 Å². The van der Waals surface area contributed by atoms with Crippen molar-refractivity contribution in [1.82, 2.24) is 34.8 Å². The van der Waals surface area contributed by atoms with Crippen molar-refractivity contribution in [3.05, 3.63) is 77.0 Å². The molecule has 0 spiro atoms. The molecule has 1 N–H and O–H groups in total. The standard InChI is InChI=1S/C20H14ClFN8O/c21-11-3-2-7-30-15(11)9-14(28-30)18-17-12(23-10-24-17)6-8-29(18)20-27-26-19(31-20)13-4-1-5-16(22)25-13/h1-5,7,9-10,18H,6,8H2,(H,23,24)/t18-/m1/s1. The van der Waals surface area contributed by atoms with Gasteiger partial charge in [0.2, 0.25) is 5.95 Å². The first-order chi connectivity index (χ1) is 15.2. The summed E-state index contributed by atoms with van der Waals surface area (Å²) in [6.07, 6.45) is 4.22. The molecular formula is C20H14ClFN8O. The maximum absolute atomic E-state index is 13.5. The van der Waals surface area contributed by atoms with Crippen LogP contribution in [0.3, 0.4) is 0 Å². The summed E-state index contributed by atoms with van der Waals surface area (Å²) in [5, 5.41) is 13.6. The van der Waals surface area contributed by atoms with Crippen molar-refractivity contribution in [3.63, 3.8) is 0 Å². The average Bonchev–Trinajstić information content (AvgIpc) is 3.52. The fourth-order valence-electron chi connectivity index (χ4n) is 3.88. The van der Waals surface area contributed by atoms with E-state index in [-0.39, 0.29) is 23.6 Å². The summed E-state index contributed by atoms with van der Waals surface area (Å²) in [6, 6.07) is 9.91. The number of aromatic nitrogens is 7. The second-order valence-electron chi connectivity index (χ2n) is 7.10. The highest BCUT2D eigenvalue weighted by molar-refractivity contribution is 6.33. The van der Waals surface area contributed by atoms with Gasteiger partial charge in [0.1, 0.15) is 11.7 Å². The minimum atomic E-state index is -0.615. The van der Waals surface area contributed by atoms with E-state index in [0.717, 1.165) is 29.0 Å². The van der Waals surface area contributed by atoms with E-state index < -0.39 is 5.95 Å². The third-order valence-electron chi connectivity index (χ3n) is 5.27. The number of anilines is 1. The van der Waals surface area contributed by atoms with Crippen molar-refractivity contribution in [1.29, 1.82) is 0 Å². The smallest absolute Gasteiger partial charge is 0.319 e. The molecule has 6 rings (SSSR count). The molecule has 0 bridgehead atoms. The van der Waals surface area contributed by atoms with Gasteiger partial charge in [-0.2, -0.15) is 9.49 Å². The lowest BCUT2D eigenvalue weighted by Gasteiger charge is -2.32. The van der Waals surface area contributed by atoms with Crippen LogP contribution in [-0.2, 0) is 6.42 Å². The highest BCUT2D eigenvalue weighted by Crippen LogP contribution is 2.37. The van der Waals surface area contributed by atoms with Gasteiger partial charge >= 0.3 is 6.01 Å². The summed E-state index contributed by atoms with van der Waals surface area (Å²) in [6.45, 7) is 0.597. The number of hydrogen-bond donors (Lipinski definition) is 1. The molecule has 31 heavy (non-hydrogen) atoms. The Morgan fingerprint density at radius 3 is 3.00 bits per heavy atom. The summed E-state index contributed by atoms with van der Waals surface area (Å²) in [7, 11) is 0. The highest BCUT2D eigenvalue weighted by Gasteiger charge is 2.36. The monoisotopic (exact) mass is 436 g/mol. The lowest BCUT2D eigenvalue weighted by atomic mass is 10.0. The Hall–Kier alpha value is -3.79. The van der Waals surface area contributed by atoms with Gasteiger partial charge in [-0.25, -0.2) is 14.5 Å². The van der Waals surface area contributed by atoms with E-state index in [1.54, 1.807) is 23.0 Å². The molecule has 6 heterocycles. The number of imidazole rings is 1. The van der Waals surface area contributed by atoms with Gasteiger partial charge in [-0.3, -0.25) is 0 Å². The van der Waals surface area contributed by atoms with Gasteiger partial charge in [0, 0.05) is 24.9 Å². The number of H-pyrrole nitrogens is 1. The van der Waals surface area contributed by atoms with E-state index in [0.29, 0.717) is 11.6 Å². The summed E-state index contributed by atoms with van der Waals surface area (Å²) in [5.74, 6) is -0.477. The average molecular weight is 437 g/mol. The van der Waals surface area contributed by atoms with E-state index in [1.807, 2.05) is 29.3 Å². The first-order valence-electron chi connectivity index (χ1n) is 9.56. The van der Waals surface area contributed by atoms with E-state index in [1.165, 1.54) is 6.07 Å². The lowest BCUT2D eigenvalue weighted by molar-refractivity contribution is 0.501. The number of fused-ring (bicyclic) bond motifs is 2. The van der Waals surface area contributed by atoms with Gasteiger partial charge < -0.3 is 14.3 Å². The van der Waals surface area contributed by atoms with Gasteiger partial charge in [-0.05, 0) is 30.3 Å². The zero-order chi connectivity index (χ0) is 20.9. The van der Waals surface area contributed by atoms with E-state index >= 15 is 0 Å².